The molecule has 2 rings (SSSR count). The van der Waals surface area contributed by atoms with E-state index in [1.54, 1.807) is 61.5 Å². The van der Waals surface area contributed by atoms with E-state index in [-0.39, 0.29) is 55.6 Å². The maximum absolute atomic E-state index is 15.6. The molecule has 0 aromatic rings. The Morgan fingerprint density at radius 3 is 1.51 bits per heavy atom. The van der Waals surface area contributed by atoms with Crippen LogP contribution in [0.1, 0.15) is 163 Å². The number of hydrogen-bond donors (Lipinski definition) is 5. The summed E-state index contributed by atoms with van der Waals surface area (Å²) in [7, 11) is 11.5. The molecule has 562 valence electrons. The Hall–Kier alpha value is -5.90. The van der Waals surface area contributed by atoms with Crippen LogP contribution in [0.3, 0.4) is 0 Å². The Morgan fingerprint density at radius 1 is 0.551 bits per heavy atom. The molecule has 2 fully saturated rings. The fraction of sp³-hybridized carbons (Fsp3) is 0.817. The lowest BCUT2D eigenvalue weighted by Crippen LogP contribution is -2.64. The zero-order valence-electron chi connectivity index (χ0n) is 64.2. The van der Waals surface area contributed by atoms with Gasteiger partial charge in [0.25, 0.3) is 0 Å². The molecule has 0 unspecified atom stereocenters. The highest BCUT2D eigenvalue weighted by atomic mass is 32.2. The van der Waals surface area contributed by atoms with Crippen molar-refractivity contribution in [2.75, 3.05) is 101 Å². The van der Waals surface area contributed by atoms with Crippen LogP contribution >= 0.6 is 11.8 Å². The molecule has 0 spiro atoms. The molecule has 0 bridgehead atoms. The first-order valence-corrected chi connectivity index (χ1v) is 36.5. The van der Waals surface area contributed by atoms with Gasteiger partial charge in [0.2, 0.25) is 65.0 Å². The second-order valence-electron chi connectivity index (χ2n) is 29.7. The van der Waals surface area contributed by atoms with Gasteiger partial charge in [-0.25, -0.2) is 0 Å². The van der Waals surface area contributed by atoms with Gasteiger partial charge in [0.05, 0.1) is 24.9 Å². The predicted molar refractivity (Wildman–Crippen MR) is 383 cm³/mol. The minimum absolute atomic E-state index is 0.0108. The van der Waals surface area contributed by atoms with E-state index >= 15 is 33.6 Å². The summed E-state index contributed by atoms with van der Waals surface area (Å²) in [5.74, 6) is -9.28. The third-order valence-electron chi connectivity index (χ3n) is 19.1. The van der Waals surface area contributed by atoms with E-state index in [1.807, 2.05) is 54.5 Å². The van der Waals surface area contributed by atoms with Gasteiger partial charge in [0, 0.05) is 81.7 Å². The number of morpholine rings is 1. The molecular weight excluding hydrogens is 1280 g/mol. The largest absolute Gasteiger partial charge is 0.390 e. The van der Waals surface area contributed by atoms with Gasteiger partial charge in [-0.15, -0.1) is 0 Å². The molecular formula is C71H128N12O14S. The second-order valence-corrected chi connectivity index (χ2v) is 30.9. The average molecular weight is 1410 g/mol. The SMILES string of the molecule is CC=CC[C@@H](C)[C@@H](O)[C@H]1C(=O)N[C@@H](CC)C(=O)N(C)[C@H](CSCCCN2CCOCC2)C(=O)N(C)[C@@H](CC(C)(C)OC)C(=O)N[C@@H](C(C)C)C(=O)N(C)[C@@H](CC(C)C)C(=O)N[C@@H](C)C(=O)N[C@H](C)C(=O)N(C)[C@@H](CC(C)C)C(=O)N(C)[C@@H](CC(C)C)C(=O)N(C)[C@@H](C(C)C)C(=O)N1C. The monoisotopic (exact) mass is 1400 g/mol. The Morgan fingerprint density at radius 2 is 1.01 bits per heavy atom. The van der Waals surface area contributed by atoms with E-state index < -0.39 is 161 Å². The minimum atomic E-state index is -1.65. The molecule has 26 nitrogen and oxygen atoms in total. The summed E-state index contributed by atoms with van der Waals surface area (Å²) in [5.41, 5.74) is -1.05. The zero-order valence-corrected chi connectivity index (χ0v) is 65.0. The Balaban J connectivity index is 3.13. The van der Waals surface area contributed by atoms with Gasteiger partial charge in [-0.05, 0) is 121 Å². The number of methoxy groups -OCH3 is 1. The van der Waals surface area contributed by atoms with Crippen molar-refractivity contribution in [1.29, 1.82) is 0 Å². The topological polar surface area (TPSA) is 300 Å². The molecule has 0 aromatic heterocycles. The Kier molecular flexibility index (Phi) is 37.0. The average Bonchev–Trinajstić information content (AvgIpc) is 0.811. The number of likely N-dealkylation sites (N-methyl/N-ethyl adjacent to an activating group) is 7. The first-order valence-electron chi connectivity index (χ1n) is 35.4. The lowest BCUT2D eigenvalue weighted by molar-refractivity contribution is -0.157. The van der Waals surface area contributed by atoms with Crippen LogP contribution < -0.4 is 21.3 Å². The third-order valence-corrected chi connectivity index (χ3v) is 20.2. The van der Waals surface area contributed by atoms with E-state index in [2.05, 4.69) is 26.2 Å². The number of rotatable bonds is 22. The number of aliphatic hydroxyl groups excluding tert-OH is 1. The highest BCUT2D eigenvalue weighted by Crippen LogP contribution is 2.27. The van der Waals surface area contributed by atoms with Crippen molar-refractivity contribution in [3.8, 4) is 0 Å². The van der Waals surface area contributed by atoms with E-state index in [1.165, 1.54) is 111 Å². The molecule has 2 saturated heterocycles. The highest BCUT2D eigenvalue weighted by Gasteiger charge is 2.47. The van der Waals surface area contributed by atoms with Crippen LogP contribution in [0, 0.1) is 35.5 Å². The summed E-state index contributed by atoms with van der Waals surface area (Å²) in [6, 6.07) is -14.1. The van der Waals surface area contributed by atoms with Gasteiger partial charge in [-0.2, -0.15) is 11.8 Å². The smallest absolute Gasteiger partial charge is 0.246 e. The summed E-state index contributed by atoms with van der Waals surface area (Å²) in [5, 5.41) is 23.6. The maximum Gasteiger partial charge on any atom is 0.246 e. The van der Waals surface area contributed by atoms with Crippen molar-refractivity contribution in [1.82, 2.24) is 60.5 Å². The molecule has 2 aliphatic heterocycles. The molecule has 0 radical (unpaired) electrons. The van der Waals surface area contributed by atoms with Gasteiger partial charge < -0.3 is 70.1 Å². The highest BCUT2D eigenvalue weighted by molar-refractivity contribution is 7.99. The lowest BCUT2D eigenvalue weighted by Gasteiger charge is -2.41. The van der Waals surface area contributed by atoms with Crippen LogP contribution in [0.2, 0.25) is 0 Å². The standard InChI is InChI=1S/C71H128N12O14S/c1-26-28-30-47(13)59(84)58-63(88)74-50(27-2)65(90)80(22)55(41-98-36-29-31-83-32-34-97-35-33-83)68(93)79(21)54(40-71(16,17)96-25)62(87)75-56(45(9)10)69(94)76(18)51(37-42(3)4)61(86)72-48(14)60(85)73-49(15)64(89)77(19)52(38-43(5)6)66(91)78(20)53(39-44(7)8)67(92)81(23)57(46(11)12)70(95)82(58)24/h26,28,42-59,84H,27,29-41H2,1-25H3,(H,72,86)(H,73,85)(H,74,88)(H,75,87)/t47-,48+,49-,50+,51+,52+,53+,54+,55-,56+,57+,58+,59-/m1/s1. The first kappa shape index (κ1) is 88.2. The van der Waals surface area contributed by atoms with Crippen molar-refractivity contribution in [2.45, 2.75) is 241 Å². The van der Waals surface area contributed by atoms with E-state index in [4.69, 9.17) is 9.47 Å². The number of hydrogen-bond acceptors (Lipinski definition) is 16. The summed E-state index contributed by atoms with van der Waals surface area (Å²) in [6.07, 6.45) is 3.42. The molecule has 27 heteroatoms. The van der Waals surface area contributed by atoms with Gasteiger partial charge in [0.15, 0.2) is 0 Å². The molecule has 0 aliphatic carbocycles. The number of carbonyl (C=O) groups excluding carboxylic acids is 11. The van der Waals surface area contributed by atoms with Crippen molar-refractivity contribution >= 4 is 76.7 Å². The molecule has 98 heavy (non-hydrogen) atoms. The van der Waals surface area contributed by atoms with Crippen LogP contribution in [0.4, 0.5) is 0 Å². The number of allylic oxidation sites excluding steroid dienone is 2. The molecule has 0 aromatic carbocycles. The fourth-order valence-corrected chi connectivity index (χ4v) is 13.6. The van der Waals surface area contributed by atoms with E-state index in [0.717, 1.165) is 31.0 Å². The zero-order chi connectivity index (χ0) is 75.1. The lowest BCUT2D eigenvalue weighted by atomic mass is 9.91. The number of ether oxygens (including phenoxy) is 2. The summed E-state index contributed by atoms with van der Waals surface area (Å²) in [4.78, 5) is 176. The van der Waals surface area contributed by atoms with Crippen molar-refractivity contribution in [2.24, 2.45) is 35.5 Å². The second kappa shape index (κ2) is 41.1. The first-order chi connectivity index (χ1) is 45.5. The third kappa shape index (κ3) is 25.3. The summed E-state index contributed by atoms with van der Waals surface area (Å²) < 4.78 is 11.4. The van der Waals surface area contributed by atoms with Gasteiger partial charge in [-0.3, -0.25) is 57.6 Å². The normalized spacial score (nSPS) is 26.9. The molecule has 2 aliphatic rings. The number of nitrogens with one attached hydrogen (secondary N) is 4. The van der Waals surface area contributed by atoms with Crippen LogP contribution in [0.25, 0.3) is 0 Å². The molecule has 11 amide bonds. The molecule has 5 N–H and O–H groups in total. The Bertz CT molecular complexity index is 2670. The molecule has 13 atom stereocenters. The predicted octanol–water partition coefficient (Wildman–Crippen LogP) is 3.86. The summed E-state index contributed by atoms with van der Waals surface area (Å²) >= 11 is 1.44. The maximum atomic E-state index is 15.6. The van der Waals surface area contributed by atoms with Crippen LogP contribution in [-0.4, -0.2) is 288 Å². The van der Waals surface area contributed by atoms with Crippen LogP contribution in [-0.2, 0) is 62.2 Å². The number of thioether (sulfide) groups is 1. The van der Waals surface area contributed by atoms with Gasteiger partial charge in [-0.1, -0.05) is 95.2 Å². The number of aliphatic hydroxyl groups is 1. The van der Waals surface area contributed by atoms with Crippen LogP contribution in [0.15, 0.2) is 12.2 Å². The molecule has 0 saturated carbocycles. The minimum Gasteiger partial charge on any atom is -0.390 e. The van der Waals surface area contributed by atoms with Crippen molar-refractivity contribution < 1.29 is 67.3 Å². The van der Waals surface area contributed by atoms with Crippen molar-refractivity contribution in [3.63, 3.8) is 0 Å². The van der Waals surface area contributed by atoms with Gasteiger partial charge in [0.1, 0.15) is 66.5 Å². The van der Waals surface area contributed by atoms with Gasteiger partial charge >= 0.3 is 0 Å². The fourth-order valence-electron chi connectivity index (χ4n) is 12.5. The quantitative estimate of drug-likeness (QED) is 0.0759. The Labute approximate surface area is 591 Å². The summed E-state index contributed by atoms with van der Waals surface area (Å²) in [6.45, 7) is 33.3. The number of amides is 11. The van der Waals surface area contributed by atoms with Crippen molar-refractivity contribution in [3.05, 3.63) is 12.2 Å². The van der Waals surface area contributed by atoms with E-state index in [0.29, 0.717) is 25.4 Å². The molecule has 2 heterocycles. The van der Waals surface area contributed by atoms with E-state index in [9.17, 15) is 24.3 Å². The number of carbonyl (C=O) groups is 11. The van der Waals surface area contributed by atoms with Crippen LogP contribution in [0.5, 0.6) is 0 Å². The number of nitrogens with zero attached hydrogens (tertiary/aromatic N) is 8.